The molecule has 15 heavy (non-hydrogen) atoms. The Morgan fingerprint density at radius 1 is 1.40 bits per heavy atom. The smallest absolute Gasteiger partial charge is 0.153 e. The molecule has 1 unspecified atom stereocenters. The van der Waals surface area contributed by atoms with Crippen LogP contribution in [0.15, 0.2) is 18.2 Å². The van der Waals surface area contributed by atoms with Gasteiger partial charge in [-0.2, -0.15) is 0 Å². The molecule has 0 aliphatic rings. The van der Waals surface area contributed by atoms with E-state index < -0.39 is 0 Å². The van der Waals surface area contributed by atoms with Gasteiger partial charge in [-0.15, -0.1) is 0 Å². The maximum atomic E-state index is 11.7. The summed E-state index contributed by atoms with van der Waals surface area (Å²) in [5, 5.41) is 2.97. The van der Waals surface area contributed by atoms with Crippen LogP contribution in [0.4, 0.5) is 0 Å². The number of likely N-dealkylation sites (N-methyl/N-ethyl adjacent to an activating group) is 1. The van der Waals surface area contributed by atoms with E-state index in [9.17, 15) is 4.79 Å². The second-order valence-corrected chi connectivity index (χ2v) is 4.08. The Balaban J connectivity index is 2.80. The van der Waals surface area contributed by atoms with Gasteiger partial charge in [0.25, 0.3) is 0 Å². The molecule has 0 fully saturated rings. The van der Waals surface area contributed by atoms with Crippen molar-refractivity contribution in [2.75, 3.05) is 7.05 Å². The van der Waals surface area contributed by atoms with Gasteiger partial charge in [0, 0.05) is 6.42 Å². The predicted octanol–water partition coefficient (Wildman–Crippen LogP) is 2.02. The number of Topliss-reactive ketones (excluding diaryl/α,β-unsaturated/α-hetero) is 1. The van der Waals surface area contributed by atoms with Crippen LogP contribution >= 0.6 is 0 Å². The summed E-state index contributed by atoms with van der Waals surface area (Å²) in [4.78, 5) is 11.7. The summed E-state index contributed by atoms with van der Waals surface area (Å²) in [6, 6.07) is 6.17. The van der Waals surface area contributed by atoms with Gasteiger partial charge in [-0.1, -0.05) is 23.8 Å². The molecule has 0 aliphatic carbocycles. The number of ketones is 1. The first-order chi connectivity index (χ1) is 7.04. The second-order valence-electron chi connectivity index (χ2n) is 4.08. The van der Waals surface area contributed by atoms with E-state index in [1.54, 1.807) is 0 Å². The molecule has 0 heterocycles. The number of hydrogen-bond donors (Lipinski definition) is 1. The monoisotopic (exact) mass is 205 g/mol. The molecule has 0 bridgehead atoms. The standard InChI is InChI=1S/C13H19NO/c1-9-5-6-10(2)12(7-9)8-13(15)11(3)14-4/h5-7,11,14H,8H2,1-4H3. The van der Waals surface area contributed by atoms with Crippen molar-refractivity contribution < 1.29 is 4.79 Å². The van der Waals surface area contributed by atoms with Crippen molar-refractivity contribution in [1.82, 2.24) is 5.32 Å². The normalized spacial score (nSPS) is 12.5. The van der Waals surface area contributed by atoms with Crippen molar-refractivity contribution in [3.63, 3.8) is 0 Å². The summed E-state index contributed by atoms with van der Waals surface area (Å²) in [7, 11) is 1.81. The van der Waals surface area contributed by atoms with Gasteiger partial charge in [0.15, 0.2) is 5.78 Å². The van der Waals surface area contributed by atoms with Crippen LogP contribution in [0.2, 0.25) is 0 Å². The van der Waals surface area contributed by atoms with Gasteiger partial charge in [0.1, 0.15) is 0 Å². The van der Waals surface area contributed by atoms with E-state index in [1.165, 1.54) is 11.1 Å². The van der Waals surface area contributed by atoms with E-state index in [2.05, 4.69) is 30.4 Å². The zero-order valence-electron chi connectivity index (χ0n) is 9.92. The molecular weight excluding hydrogens is 186 g/mol. The van der Waals surface area contributed by atoms with Crippen molar-refractivity contribution >= 4 is 5.78 Å². The van der Waals surface area contributed by atoms with Crippen molar-refractivity contribution in [2.45, 2.75) is 33.2 Å². The zero-order chi connectivity index (χ0) is 11.4. The molecule has 0 radical (unpaired) electrons. The summed E-state index contributed by atoms with van der Waals surface area (Å²) in [5.41, 5.74) is 3.54. The first-order valence-electron chi connectivity index (χ1n) is 5.30. The Hall–Kier alpha value is -1.15. The van der Waals surface area contributed by atoms with E-state index in [4.69, 9.17) is 0 Å². The zero-order valence-corrected chi connectivity index (χ0v) is 9.92. The highest BCUT2D eigenvalue weighted by Gasteiger charge is 2.12. The van der Waals surface area contributed by atoms with Crippen LogP contribution in [0, 0.1) is 13.8 Å². The average Bonchev–Trinajstić information content (AvgIpc) is 2.22. The van der Waals surface area contributed by atoms with Crippen LogP contribution in [0.25, 0.3) is 0 Å². The molecule has 2 heteroatoms. The van der Waals surface area contributed by atoms with Crippen molar-refractivity contribution in [3.8, 4) is 0 Å². The number of nitrogens with one attached hydrogen (secondary N) is 1. The van der Waals surface area contributed by atoms with Crippen LogP contribution in [0.3, 0.4) is 0 Å². The van der Waals surface area contributed by atoms with Gasteiger partial charge in [0.05, 0.1) is 6.04 Å². The van der Waals surface area contributed by atoms with Crippen LogP contribution in [-0.4, -0.2) is 18.9 Å². The second kappa shape index (κ2) is 5.08. The molecule has 0 aliphatic heterocycles. The number of rotatable bonds is 4. The van der Waals surface area contributed by atoms with Gasteiger partial charge >= 0.3 is 0 Å². The fraction of sp³-hybridized carbons (Fsp3) is 0.462. The van der Waals surface area contributed by atoms with Crippen LogP contribution in [-0.2, 0) is 11.2 Å². The quantitative estimate of drug-likeness (QED) is 0.814. The first kappa shape index (κ1) is 11.9. The summed E-state index contributed by atoms with van der Waals surface area (Å²) in [6.07, 6.45) is 0.523. The van der Waals surface area contributed by atoms with Crippen LogP contribution in [0.5, 0.6) is 0 Å². The maximum Gasteiger partial charge on any atom is 0.153 e. The Kier molecular flexibility index (Phi) is 4.04. The molecule has 1 atom stereocenters. The molecule has 0 amide bonds. The largest absolute Gasteiger partial charge is 0.311 e. The van der Waals surface area contributed by atoms with Gasteiger partial charge in [0.2, 0.25) is 0 Å². The molecule has 1 N–H and O–H groups in total. The predicted molar refractivity (Wildman–Crippen MR) is 63.1 cm³/mol. The molecule has 82 valence electrons. The minimum absolute atomic E-state index is 0.0649. The Bertz CT molecular complexity index is 358. The van der Waals surface area contributed by atoms with Crippen molar-refractivity contribution in [2.24, 2.45) is 0 Å². The van der Waals surface area contributed by atoms with E-state index in [1.807, 2.05) is 20.9 Å². The third kappa shape index (κ3) is 3.17. The number of hydrogen-bond acceptors (Lipinski definition) is 2. The van der Waals surface area contributed by atoms with E-state index >= 15 is 0 Å². The van der Waals surface area contributed by atoms with Crippen molar-refractivity contribution in [1.29, 1.82) is 0 Å². The van der Waals surface area contributed by atoms with Gasteiger partial charge in [-0.3, -0.25) is 4.79 Å². The summed E-state index contributed by atoms with van der Waals surface area (Å²) < 4.78 is 0. The van der Waals surface area contributed by atoms with Gasteiger partial charge in [-0.05, 0) is 38.9 Å². The molecule has 0 spiro atoms. The lowest BCUT2D eigenvalue weighted by atomic mass is 9.99. The number of carbonyl (C=O) groups excluding carboxylic acids is 1. The topological polar surface area (TPSA) is 29.1 Å². The highest BCUT2D eigenvalue weighted by Crippen LogP contribution is 2.12. The minimum atomic E-state index is -0.0649. The molecule has 0 saturated heterocycles. The SMILES string of the molecule is CNC(C)C(=O)Cc1cc(C)ccc1C. The summed E-state index contributed by atoms with van der Waals surface area (Å²) in [5.74, 6) is 0.242. The molecule has 0 aromatic heterocycles. The number of carbonyl (C=O) groups is 1. The minimum Gasteiger partial charge on any atom is -0.311 e. The Morgan fingerprint density at radius 2 is 2.07 bits per heavy atom. The summed E-state index contributed by atoms with van der Waals surface area (Å²) >= 11 is 0. The lowest BCUT2D eigenvalue weighted by Crippen LogP contribution is -2.32. The lowest BCUT2D eigenvalue weighted by Gasteiger charge is -2.11. The number of aryl methyl sites for hydroxylation is 2. The fourth-order valence-corrected chi connectivity index (χ4v) is 1.49. The molecule has 1 rings (SSSR count). The Morgan fingerprint density at radius 3 is 2.67 bits per heavy atom. The van der Waals surface area contributed by atoms with Gasteiger partial charge < -0.3 is 5.32 Å². The van der Waals surface area contributed by atoms with Crippen LogP contribution < -0.4 is 5.32 Å². The third-order valence-electron chi connectivity index (χ3n) is 2.79. The highest BCUT2D eigenvalue weighted by atomic mass is 16.1. The van der Waals surface area contributed by atoms with Crippen molar-refractivity contribution in [3.05, 3.63) is 34.9 Å². The summed E-state index contributed by atoms with van der Waals surface area (Å²) in [6.45, 7) is 5.99. The van der Waals surface area contributed by atoms with Crippen LogP contribution in [0.1, 0.15) is 23.6 Å². The Labute approximate surface area is 91.7 Å². The third-order valence-corrected chi connectivity index (χ3v) is 2.79. The lowest BCUT2D eigenvalue weighted by molar-refractivity contribution is -0.119. The molecule has 2 nitrogen and oxygen atoms in total. The molecular formula is C13H19NO. The molecule has 1 aromatic rings. The fourth-order valence-electron chi connectivity index (χ4n) is 1.49. The van der Waals surface area contributed by atoms with Gasteiger partial charge in [-0.25, -0.2) is 0 Å². The maximum absolute atomic E-state index is 11.7. The first-order valence-corrected chi connectivity index (χ1v) is 5.30. The molecule has 0 saturated carbocycles. The number of benzene rings is 1. The highest BCUT2D eigenvalue weighted by molar-refractivity contribution is 5.85. The van der Waals surface area contributed by atoms with E-state index in [0.29, 0.717) is 6.42 Å². The molecule has 1 aromatic carbocycles. The average molecular weight is 205 g/mol. The van der Waals surface area contributed by atoms with E-state index in [0.717, 1.165) is 5.56 Å². The van der Waals surface area contributed by atoms with E-state index in [-0.39, 0.29) is 11.8 Å².